The van der Waals surface area contributed by atoms with E-state index in [2.05, 4.69) is 0 Å². The van der Waals surface area contributed by atoms with Gasteiger partial charge in [0.2, 0.25) is 0 Å². The standard InChI is InChI=1S/C14H13Cl2NO/c1-18-14-5-4-10(7-13(14)16)9-2-3-11(8-17)12(15)6-9/h2-7H,8,17H2,1H3. The fourth-order valence-electron chi connectivity index (χ4n) is 1.74. The van der Waals surface area contributed by atoms with E-state index in [0.717, 1.165) is 16.7 Å². The Labute approximate surface area is 116 Å². The fraction of sp³-hybridized carbons (Fsp3) is 0.143. The normalized spacial score (nSPS) is 10.4. The molecule has 0 bridgehead atoms. The Morgan fingerprint density at radius 3 is 2.11 bits per heavy atom. The molecule has 2 nitrogen and oxygen atoms in total. The van der Waals surface area contributed by atoms with Crippen molar-refractivity contribution in [3.05, 3.63) is 52.0 Å². The van der Waals surface area contributed by atoms with Crippen molar-refractivity contribution >= 4 is 23.2 Å². The van der Waals surface area contributed by atoms with Gasteiger partial charge < -0.3 is 10.5 Å². The molecule has 94 valence electrons. The molecule has 0 fully saturated rings. The van der Waals surface area contributed by atoms with Gasteiger partial charge in [0, 0.05) is 11.6 Å². The van der Waals surface area contributed by atoms with E-state index in [1.54, 1.807) is 7.11 Å². The average Bonchev–Trinajstić information content (AvgIpc) is 2.38. The third-order valence-corrected chi connectivity index (χ3v) is 3.41. The molecule has 0 heterocycles. The predicted octanol–water partition coefficient (Wildman–Crippen LogP) is 4.13. The molecule has 0 saturated carbocycles. The Hall–Kier alpha value is -1.22. The van der Waals surface area contributed by atoms with Crippen LogP contribution in [-0.4, -0.2) is 7.11 Å². The number of methoxy groups -OCH3 is 1. The number of nitrogens with two attached hydrogens (primary N) is 1. The second-order valence-electron chi connectivity index (χ2n) is 3.86. The van der Waals surface area contributed by atoms with Crippen LogP contribution in [0.1, 0.15) is 5.56 Å². The molecule has 2 aromatic rings. The third-order valence-electron chi connectivity index (χ3n) is 2.76. The molecular weight excluding hydrogens is 269 g/mol. The molecule has 4 heteroatoms. The second kappa shape index (κ2) is 5.61. The Morgan fingerprint density at radius 1 is 1.00 bits per heavy atom. The van der Waals surface area contributed by atoms with Gasteiger partial charge in [0.15, 0.2) is 0 Å². The summed E-state index contributed by atoms with van der Waals surface area (Å²) in [6.07, 6.45) is 0. The minimum atomic E-state index is 0.433. The number of halogens is 2. The van der Waals surface area contributed by atoms with Gasteiger partial charge in [-0.15, -0.1) is 0 Å². The van der Waals surface area contributed by atoms with Crippen molar-refractivity contribution in [2.75, 3.05) is 7.11 Å². The summed E-state index contributed by atoms with van der Waals surface area (Å²) in [5, 5.41) is 1.25. The van der Waals surface area contributed by atoms with Crippen molar-refractivity contribution in [2.24, 2.45) is 5.73 Å². The molecule has 0 amide bonds. The number of benzene rings is 2. The summed E-state index contributed by atoms with van der Waals surface area (Å²) in [7, 11) is 1.59. The summed E-state index contributed by atoms with van der Waals surface area (Å²) in [4.78, 5) is 0. The van der Waals surface area contributed by atoms with E-state index in [-0.39, 0.29) is 0 Å². The maximum atomic E-state index is 6.14. The molecule has 2 N–H and O–H groups in total. The van der Waals surface area contributed by atoms with Crippen molar-refractivity contribution in [1.29, 1.82) is 0 Å². The van der Waals surface area contributed by atoms with E-state index >= 15 is 0 Å². The molecule has 0 aromatic heterocycles. The predicted molar refractivity (Wildman–Crippen MR) is 76.3 cm³/mol. The molecule has 0 spiro atoms. The zero-order valence-corrected chi connectivity index (χ0v) is 11.4. The van der Waals surface area contributed by atoms with Gasteiger partial charge in [-0.1, -0.05) is 41.4 Å². The van der Waals surface area contributed by atoms with Crippen LogP contribution >= 0.6 is 23.2 Å². The van der Waals surface area contributed by atoms with Crippen molar-refractivity contribution in [2.45, 2.75) is 6.54 Å². The highest BCUT2D eigenvalue weighted by Crippen LogP contribution is 2.31. The molecule has 0 aliphatic carbocycles. The molecule has 2 rings (SSSR count). The lowest BCUT2D eigenvalue weighted by Crippen LogP contribution is -1.96. The highest BCUT2D eigenvalue weighted by molar-refractivity contribution is 6.32. The maximum Gasteiger partial charge on any atom is 0.137 e. The summed E-state index contributed by atoms with van der Waals surface area (Å²) in [6.45, 7) is 0.433. The van der Waals surface area contributed by atoms with Crippen LogP contribution in [0.3, 0.4) is 0 Å². The van der Waals surface area contributed by atoms with Crippen LogP contribution in [0.2, 0.25) is 10.0 Å². The lowest BCUT2D eigenvalue weighted by molar-refractivity contribution is 0.415. The molecule has 0 unspecified atom stereocenters. The summed E-state index contributed by atoms with van der Waals surface area (Å²) >= 11 is 12.2. The van der Waals surface area contributed by atoms with E-state index in [0.29, 0.717) is 22.3 Å². The zero-order valence-electron chi connectivity index (χ0n) is 9.91. The third kappa shape index (κ3) is 2.61. The first-order valence-electron chi connectivity index (χ1n) is 5.48. The van der Waals surface area contributed by atoms with Crippen molar-refractivity contribution in [3.63, 3.8) is 0 Å². The van der Waals surface area contributed by atoms with Crippen LogP contribution in [0.5, 0.6) is 5.75 Å². The quantitative estimate of drug-likeness (QED) is 0.918. The largest absolute Gasteiger partial charge is 0.495 e. The Morgan fingerprint density at radius 2 is 1.61 bits per heavy atom. The second-order valence-corrected chi connectivity index (χ2v) is 4.67. The van der Waals surface area contributed by atoms with Crippen LogP contribution in [0, 0.1) is 0 Å². The van der Waals surface area contributed by atoms with Crippen LogP contribution < -0.4 is 10.5 Å². The van der Waals surface area contributed by atoms with Crippen LogP contribution in [-0.2, 0) is 6.54 Å². The Kier molecular flexibility index (Phi) is 4.12. The van der Waals surface area contributed by atoms with E-state index in [9.17, 15) is 0 Å². The first-order valence-corrected chi connectivity index (χ1v) is 6.23. The van der Waals surface area contributed by atoms with Gasteiger partial charge >= 0.3 is 0 Å². The molecule has 0 aliphatic heterocycles. The molecule has 2 aromatic carbocycles. The monoisotopic (exact) mass is 281 g/mol. The van der Waals surface area contributed by atoms with E-state index in [1.807, 2.05) is 36.4 Å². The van der Waals surface area contributed by atoms with Gasteiger partial charge in [0.05, 0.1) is 12.1 Å². The van der Waals surface area contributed by atoms with Gasteiger partial charge in [-0.05, 0) is 34.9 Å². The highest BCUT2D eigenvalue weighted by atomic mass is 35.5. The van der Waals surface area contributed by atoms with E-state index < -0.39 is 0 Å². The SMILES string of the molecule is COc1ccc(-c2ccc(CN)c(Cl)c2)cc1Cl. The van der Waals surface area contributed by atoms with Crippen LogP contribution in [0.25, 0.3) is 11.1 Å². The molecule has 0 aliphatic rings. The number of hydrogen-bond acceptors (Lipinski definition) is 2. The number of hydrogen-bond donors (Lipinski definition) is 1. The lowest BCUT2D eigenvalue weighted by Gasteiger charge is -2.08. The molecular formula is C14H13Cl2NO. The Balaban J connectivity index is 2.42. The van der Waals surface area contributed by atoms with Crippen molar-refractivity contribution < 1.29 is 4.74 Å². The number of rotatable bonds is 3. The molecule has 0 saturated heterocycles. The van der Waals surface area contributed by atoms with Crippen molar-refractivity contribution in [1.82, 2.24) is 0 Å². The minimum absolute atomic E-state index is 0.433. The first kappa shape index (κ1) is 13.2. The topological polar surface area (TPSA) is 35.2 Å². The number of ether oxygens (including phenoxy) is 1. The Bertz CT molecular complexity index is 518. The highest BCUT2D eigenvalue weighted by Gasteiger charge is 2.06. The summed E-state index contributed by atoms with van der Waals surface area (Å²) < 4.78 is 5.12. The van der Waals surface area contributed by atoms with Crippen LogP contribution in [0.15, 0.2) is 36.4 Å². The maximum absolute atomic E-state index is 6.14. The van der Waals surface area contributed by atoms with Gasteiger partial charge in [0.25, 0.3) is 0 Å². The minimum Gasteiger partial charge on any atom is -0.495 e. The summed E-state index contributed by atoms with van der Waals surface area (Å²) in [5.74, 6) is 0.657. The first-order chi connectivity index (χ1) is 8.65. The van der Waals surface area contributed by atoms with Crippen LogP contribution in [0.4, 0.5) is 0 Å². The smallest absolute Gasteiger partial charge is 0.137 e. The fourth-order valence-corrected chi connectivity index (χ4v) is 2.25. The van der Waals surface area contributed by atoms with Gasteiger partial charge in [0.1, 0.15) is 5.75 Å². The van der Waals surface area contributed by atoms with Gasteiger partial charge in [-0.2, -0.15) is 0 Å². The van der Waals surface area contributed by atoms with Gasteiger partial charge in [-0.25, -0.2) is 0 Å². The molecule has 18 heavy (non-hydrogen) atoms. The summed E-state index contributed by atoms with van der Waals surface area (Å²) in [6, 6.07) is 11.4. The average molecular weight is 282 g/mol. The van der Waals surface area contributed by atoms with Gasteiger partial charge in [-0.3, -0.25) is 0 Å². The summed E-state index contributed by atoms with van der Waals surface area (Å²) in [5.41, 5.74) is 8.50. The lowest BCUT2D eigenvalue weighted by atomic mass is 10.0. The van der Waals surface area contributed by atoms with Crippen molar-refractivity contribution in [3.8, 4) is 16.9 Å². The zero-order chi connectivity index (χ0) is 13.1. The van der Waals surface area contributed by atoms with E-state index in [4.69, 9.17) is 33.7 Å². The molecule has 0 atom stereocenters. The molecule has 0 radical (unpaired) electrons. The van der Waals surface area contributed by atoms with E-state index in [1.165, 1.54) is 0 Å².